The molecular weight excluding hydrogens is 191 g/mol. The number of aryl methyl sites for hydroxylation is 1. The molecule has 0 heterocycles. The molecule has 12 heavy (non-hydrogen) atoms. The first-order valence-corrected chi connectivity index (χ1v) is 4.77. The maximum atomic E-state index is 6.12. The average Bonchev–Trinajstić information content (AvgIpc) is 2.05. The molecule has 0 aliphatic rings. The number of hydrogen-bond acceptors (Lipinski definition) is 0. The predicted octanol–water partition coefficient (Wildman–Crippen LogP) is 4.04. The molecule has 2 heteroatoms. The normalized spacial score (nSPS) is 11.7. The van der Waals surface area contributed by atoms with Crippen molar-refractivity contribution in [1.82, 2.24) is 0 Å². The van der Waals surface area contributed by atoms with Gasteiger partial charge in [-0.15, -0.1) is 0 Å². The lowest BCUT2D eigenvalue weighted by Gasteiger charge is -2.19. The summed E-state index contributed by atoms with van der Waals surface area (Å²) in [5.74, 6) is 0. The molecule has 0 N–H and O–H groups in total. The van der Waals surface area contributed by atoms with Gasteiger partial charge in [0.05, 0.1) is 0 Å². The minimum Gasteiger partial charge on any atom is -0.0963 e. The van der Waals surface area contributed by atoms with Gasteiger partial charge in [-0.3, -0.25) is 0 Å². The molecule has 1 aromatic rings. The molecule has 0 nitrogen and oxygen atoms in total. The fourth-order valence-corrected chi connectivity index (χ4v) is 1.60. The molecule has 0 fully saturated rings. The first kappa shape index (κ1) is 9.88. The Bertz CT molecular complexity index is 266. The molecule has 0 amide bonds. The molecular formula is C10H12Cl2. The van der Waals surface area contributed by atoms with E-state index in [4.69, 9.17) is 23.2 Å². The van der Waals surface area contributed by atoms with Crippen molar-refractivity contribution in [3.05, 3.63) is 35.4 Å². The summed E-state index contributed by atoms with van der Waals surface area (Å²) in [7, 11) is 0. The number of alkyl halides is 2. The third-order valence-electron chi connectivity index (χ3n) is 1.98. The molecule has 66 valence electrons. The highest BCUT2D eigenvalue weighted by atomic mass is 35.5. The molecule has 0 aliphatic carbocycles. The Hall–Kier alpha value is -0.200. The Morgan fingerprint density at radius 1 is 1.25 bits per heavy atom. The van der Waals surface area contributed by atoms with Crippen molar-refractivity contribution < 1.29 is 0 Å². The lowest BCUT2D eigenvalue weighted by atomic mass is 10.0. The molecule has 0 bridgehead atoms. The molecule has 0 unspecified atom stereocenters. The zero-order chi connectivity index (χ0) is 9.19. The van der Waals surface area contributed by atoms with Gasteiger partial charge in [-0.1, -0.05) is 54.4 Å². The van der Waals surface area contributed by atoms with Crippen LogP contribution in [0.4, 0.5) is 0 Å². The van der Waals surface area contributed by atoms with Crippen LogP contribution in [0.2, 0.25) is 0 Å². The predicted molar refractivity (Wildman–Crippen MR) is 54.9 cm³/mol. The van der Waals surface area contributed by atoms with Crippen molar-refractivity contribution in [2.24, 2.45) is 0 Å². The largest absolute Gasteiger partial charge is 0.143 e. The van der Waals surface area contributed by atoms with E-state index < -0.39 is 4.33 Å². The van der Waals surface area contributed by atoms with Crippen LogP contribution in [0.5, 0.6) is 0 Å². The fraction of sp³-hybridized carbons (Fsp3) is 0.400. The van der Waals surface area contributed by atoms with Crippen LogP contribution in [-0.2, 0) is 4.33 Å². The van der Waals surface area contributed by atoms with Crippen LogP contribution < -0.4 is 0 Å². The summed E-state index contributed by atoms with van der Waals surface area (Å²) in [6.45, 7) is 4.00. The molecule has 0 saturated carbocycles. The summed E-state index contributed by atoms with van der Waals surface area (Å²) in [4.78, 5) is 0. The first-order valence-electron chi connectivity index (χ1n) is 4.02. The van der Waals surface area contributed by atoms with Crippen LogP contribution >= 0.6 is 23.2 Å². The second-order valence-electron chi connectivity index (χ2n) is 2.87. The Balaban J connectivity index is 3.10. The summed E-state index contributed by atoms with van der Waals surface area (Å²) in [5.41, 5.74) is 2.15. The van der Waals surface area contributed by atoms with Gasteiger partial charge in [0.2, 0.25) is 0 Å². The third-order valence-corrected chi connectivity index (χ3v) is 2.92. The van der Waals surface area contributed by atoms with Crippen LogP contribution in [0.1, 0.15) is 24.5 Å². The van der Waals surface area contributed by atoms with Crippen LogP contribution in [0.25, 0.3) is 0 Å². The van der Waals surface area contributed by atoms with Gasteiger partial charge < -0.3 is 0 Å². The molecule has 0 aliphatic heterocycles. The van der Waals surface area contributed by atoms with Gasteiger partial charge in [-0.05, 0) is 24.5 Å². The van der Waals surface area contributed by atoms with E-state index in [1.54, 1.807) is 0 Å². The van der Waals surface area contributed by atoms with Crippen LogP contribution in [0, 0.1) is 6.92 Å². The van der Waals surface area contributed by atoms with E-state index in [0.29, 0.717) is 0 Å². The molecule has 1 rings (SSSR count). The third kappa shape index (κ3) is 1.94. The van der Waals surface area contributed by atoms with E-state index >= 15 is 0 Å². The summed E-state index contributed by atoms with van der Waals surface area (Å²) in [6, 6.07) is 7.93. The second-order valence-corrected chi connectivity index (χ2v) is 4.36. The molecule has 0 radical (unpaired) electrons. The van der Waals surface area contributed by atoms with E-state index in [1.165, 1.54) is 0 Å². The summed E-state index contributed by atoms with van der Waals surface area (Å²) in [6.07, 6.45) is 0.723. The lowest BCUT2D eigenvalue weighted by molar-refractivity contribution is 0.798. The Morgan fingerprint density at radius 2 is 1.83 bits per heavy atom. The van der Waals surface area contributed by atoms with E-state index in [9.17, 15) is 0 Å². The SMILES string of the molecule is CCC(Cl)(Cl)c1ccccc1C. The monoisotopic (exact) mass is 202 g/mol. The van der Waals surface area contributed by atoms with Crippen molar-refractivity contribution in [3.63, 3.8) is 0 Å². The maximum Gasteiger partial charge on any atom is 0.143 e. The molecule has 0 atom stereocenters. The van der Waals surface area contributed by atoms with E-state index in [1.807, 2.05) is 38.1 Å². The zero-order valence-electron chi connectivity index (χ0n) is 7.27. The number of rotatable bonds is 2. The summed E-state index contributed by atoms with van der Waals surface area (Å²) < 4.78 is -0.731. The Morgan fingerprint density at radius 3 is 2.33 bits per heavy atom. The average molecular weight is 203 g/mol. The van der Waals surface area contributed by atoms with Crippen molar-refractivity contribution >= 4 is 23.2 Å². The quantitative estimate of drug-likeness (QED) is 0.636. The van der Waals surface area contributed by atoms with Crippen molar-refractivity contribution in [2.75, 3.05) is 0 Å². The standard InChI is InChI=1S/C10H12Cl2/c1-3-10(11,12)9-7-5-4-6-8(9)2/h4-7H,3H2,1-2H3. The number of halogens is 2. The highest BCUT2D eigenvalue weighted by Crippen LogP contribution is 2.38. The highest BCUT2D eigenvalue weighted by Gasteiger charge is 2.25. The van der Waals surface area contributed by atoms with Crippen LogP contribution in [0.15, 0.2) is 24.3 Å². The molecule has 0 aromatic heterocycles. The van der Waals surface area contributed by atoms with E-state index in [2.05, 4.69) is 0 Å². The van der Waals surface area contributed by atoms with E-state index in [0.717, 1.165) is 17.5 Å². The fourth-order valence-electron chi connectivity index (χ4n) is 1.17. The Kier molecular flexibility index (Phi) is 3.03. The molecule has 0 spiro atoms. The molecule has 0 saturated heterocycles. The van der Waals surface area contributed by atoms with Gasteiger partial charge >= 0.3 is 0 Å². The number of hydrogen-bond donors (Lipinski definition) is 0. The van der Waals surface area contributed by atoms with Gasteiger partial charge in [-0.2, -0.15) is 0 Å². The smallest absolute Gasteiger partial charge is 0.0963 e. The number of benzene rings is 1. The minimum absolute atomic E-state index is 0.723. The second kappa shape index (κ2) is 3.68. The lowest BCUT2D eigenvalue weighted by Crippen LogP contribution is -2.09. The Labute approximate surface area is 83.5 Å². The topological polar surface area (TPSA) is 0 Å². The summed E-state index contributed by atoms with van der Waals surface area (Å²) in [5, 5.41) is 0. The van der Waals surface area contributed by atoms with Crippen molar-refractivity contribution in [2.45, 2.75) is 24.6 Å². The van der Waals surface area contributed by atoms with E-state index in [-0.39, 0.29) is 0 Å². The first-order chi connectivity index (χ1) is 5.58. The van der Waals surface area contributed by atoms with Gasteiger partial charge in [0.1, 0.15) is 4.33 Å². The highest BCUT2D eigenvalue weighted by molar-refractivity contribution is 6.48. The zero-order valence-corrected chi connectivity index (χ0v) is 8.78. The van der Waals surface area contributed by atoms with Gasteiger partial charge in [0, 0.05) is 0 Å². The van der Waals surface area contributed by atoms with Crippen molar-refractivity contribution in [3.8, 4) is 0 Å². The van der Waals surface area contributed by atoms with Crippen LogP contribution in [0.3, 0.4) is 0 Å². The molecule has 1 aromatic carbocycles. The maximum absolute atomic E-state index is 6.12. The summed E-state index contributed by atoms with van der Waals surface area (Å²) >= 11 is 12.2. The van der Waals surface area contributed by atoms with Gasteiger partial charge in [0.15, 0.2) is 0 Å². The van der Waals surface area contributed by atoms with Gasteiger partial charge in [-0.25, -0.2) is 0 Å². The van der Waals surface area contributed by atoms with Gasteiger partial charge in [0.25, 0.3) is 0 Å². The van der Waals surface area contributed by atoms with Crippen molar-refractivity contribution in [1.29, 1.82) is 0 Å². The minimum atomic E-state index is -0.731. The van der Waals surface area contributed by atoms with Crippen LogP contribution in [-0.4, -0.2) is 0 Å².